The highest BCUT2D eigenvalue weighted by Crippen LogP contribution is 2.40. The molecule has 0 unspecified atom stereocenters. The highest BCUT2D eigenvalue weighted by atomic mass is 35.5. The van der Waals surface area contributed by atoms with Gasteiger partial charge in [-0.15, -0.1) is 0 Å². The van der Waals surface area contributed by atoms with Gasteiger partial charge in [-0.2, -0.15) is 0 Å². The van der Waals surface area contributed by atoms with Crippen molar-refractivity contribution in [2.45, 2.75) is 16.7 Å². The molecule has 0 saturated heterocycles. The molecular weight excluding hydrogens is 298 g/mol. The van der Waals surface area contributed by atoms with Crippen LogP contribution in [-0.4, -0.2) is 12.0 Å². The van der Waals surface area contributed by atoms with Crippen molar-refractivity contribution in [3.8, 4) is 5.75 Å². The lowest BCUT2D eigenvalue weighted by Gasteiger charge is -2.09. The Morgan fingerprint density at radius 3 is 2.60 bits per heavy atom. The Hall–Kier alpha value is -1.72. The SMILES string of the molecule is COc1ccc(C)cc1Sc1ccc(Cl)cc1[N+](=O)[O-]. The molecule has 2 aromatic carbocycles. The van der Waals surface area contributed by atoms with Gasteiger partial charge >= 0.3 is 0 Å². The van der Waals surface area contributed by atoms with Crippen LogP contribution in [0.25, 0.3) is 0 Å². The second kappa shape index (κ2) is 6.15. The fourth-order valence-electron chi connectivity index (χ4n) is 1.70. The summed E-state index contributed by atoms with van der Waals surface area (Å²) in [5.41, 5.74) is 1.05. The highest BCUT2D eigenvalue weighted by Gasteiger charge is 2.17. The van der Waals surface area contributed by atoms with Gasteiger partial charge in [0.25, 0.3) is 5.69 Å². The number of ether oxygens (including phenoxy) is 1. The van der Waals surface area contributed by atoms with Crippen LogP contribution in [0.15, 0.2) is 46.2 Å². The smallest absolute Gasteiger partial charge is 0.284 e. The van der Waals surface area contributed by atoms with Gasteiger partial charge in [0.1, 0.15) is 5.75 Å². The molecule has 0 heterocycles. The summed E-state index contributed by atoms with van der Waals surface area (Å²) in [6.45, 7) is 1.96. The van der Waals surface area contributed by atoms with Crippen LogP contribution in [0.3, 0.4) is 0 Å². The van der Waals surface area contributed by atoms with Gasteiger partial charge in [0.15, 0.2) is 0 Å². The maximum Gasteiger partial charge on any atom is 0.284 e. The summed E-state index contributed by atoms with van der Waals surface area (Å²) < 4.78 is 5.28. The molecule has 0 aliphatic carbocycles. The van der Waals surface area contributed by atoms with Crippen molar-refractivity contribution in [3.63, 3.8) is 0 Å². The first-order chi connectivity index (χ1) is 9.51. The second-order valence-electron chi connectivity index (χ2n) is 4.13. The third-order valence-corrected chi connectivity index (χ3v) is 4.00. The molecule has 2 rings (SSSR count). The molecule has 104 valence electrons. The molecule has 4 nitrogen and oxygen atoms in total. The minimum atomic E-state index is -0.434. The first kappa shape index (κ1) is 14.7. The Labute approximate surface area is 125 Å². The number of benzene rings is 2. The lowest BCUT2D eigenvalue weighted by Crippen LogP contribution is -1.92. The number of rotatable bonds is 4. The van der Waals surface area contributed by atoms with Crippen molar-refractivity contribution in [1.29, 1.82) is 0 Å². The maximum absolute atomic E-state index is 11.1. The molecule has 0 amide bonds. The van der Waals surface area contributed by atoms with Crippen molar-refractivity contribution in [1.82, 2.24) is 0 Å². The number of nitro benzene ring substituents is 1. The lowest BCUT2D eigenvalue weighted by atomic mass is 10.2. The highest BCUT2D eigenvalue weighted by molar-refractivity contribution is 7.99. The zero-order valence-corrected chi connectivity index (χ0v) is 12.5. The van der Waals surface area contributed by atoms with E-state index in [1.807, 2.05) is 25.1 Å². The van der Waals surface area contributed by atoms with E-state index in [2.05, 4.69) is 0 Å². The predicted molar refractivity (Wildman–Crippen MR) is 80.0 cm³/mol. The van der Waals surface area contributed by atoms with E-state index in [1.165, 1.54) is 17.8 Å². The maximum atomic E-state index is 11.1. The molecule has 0 aliphatic heterocycles. The largest absolute Gasteiger partial charge is 0.496 e. The van der Waals surface area contributed by atoms with Gasteiger partial charge in [0, 0.05) is 11.1 Å². The molecule has 2 aromatic rings. The van der Waals surface area contributed by atoms with Gasteiger partial charge in [0.05, 0.1) is 21.8 Å². The molecule has 6 heteroatoms. The lowest BCUT2D eigenvalue weighted by molar-refractivity contribution is -0.387. The van der Waals surface area contributed by atoms with Crippen LogP contribution >= 0.6 is 23.4 Å². The minimum Gasteiger partial charge on any atom is -0.496 e. The van der Waals surface area contributed by atoms with Crippen LogP contribution in [-0.2, 0) is 0 Å². The molecule has 0 radical (unpaired) electrons. The Morgan fingerprint density at radius 2 is 1.95 bits per heavy atom. The van der Waals surface area contributed by atoms with Gasteiger partial charge in [-0.25, -0.2) is 0 Å². The number of hydrogen-bond acceptors (Lipinski definition) is 4. The number of nitrogens with zero attached hydrogens (tertiary/aromatic N) is 1. The first-order valence-electron chi connectivity index (χ1n) is 5.77. The number of methoxy groups -OCH3 is 1. The Morgan fingerprint density at radius 1 is 1.20 bits per heavy atom. The van der Waals surface area contributed by atoms with Crippen LogP contribution < -0.4 is 4.74 Å². The summed E-state index contributed by atoms with van der Waals surface area (Å²) in [5.74, 6) is 0.685. The molecule has 0 N–H and O–H groups in total. The van der Waals surface area contributed by atoms with E-state index < -0.39 is 4.92 Å². The summed E-state index contributed by atoms with van der Waals surface area (Å²) in [6, 6.07) is 10.3. The van der Waals surface area contributed by atoms with Crippen LogP contribution in [0.2, 0.25) is 5.02 Å². The number of hydrogen-bond donors (Lipinski definition) is 0. The molecule has 0 spiro atoms. The van der Waals surface area contributed by atoms with E-state index in [0.29, 0.717) is 15.7 Å². The Balaban J connectivity index is 2.44. The van der Waals surface area contributed by atoms with Gasteiger partial charge in [-0.3, -0.25) is 10.1 Å². The molecule has 0 aliphatic rings. The summed E-state index contributed by atoms with van der Waals surface area (Å²) in [6.07, 6.45) is 0. The number of halogens is 1. The normalized spacial score (nSPS) is 10.3. The molecule has 0 atom stereocenters. The summed E-state index contributed by atoms with van der Waals surface area (Å²) in [7, 11) is 1.57. The third kappa shape index (κ3) is 3.23. The Bertz CT molecular complexity index is 661. The average Bonchev–Trinajstić information content (AvgIpc) is 2.41. The van der Waals surface area contributed by atoms with E-state index in [9.17, 15) is 10.1 Å². The van der Waals surface area contributed by atoms with E-state index in [1.54, 1.807) is 19.2 Å². The average molecular weight is 310 g/mol. The Kier molecular flexibility index (Phi) is 4.52. The van der Waals surface area contributed by atoms with Crippen LogP contribution in [0.4, 0.5) is 5.69 Å². The van der Waals surface area contributed by atoms with Crippen molar-refractivity contribution >= 4 is 29.1 Å². The molecule has 0 fully saturated rings. The van der Waals surface area contributed by atoms with Crippen molar-refractivity contribution < 1.29 is 9.66 Å². The molecule has 0 saturated carbocycles. The van der Waals surface area contributed by atoms with Gasteiger partial charge < -0.3 is 4.74 Å². The molecule has 20 heavy (non-hydrogen) atoms. The second-order valence-corrected chi connectivity index (χ2v) is 5.65. The van der Waals surface area contributed by atoms with Crippen LogP contribution in [0, 0.1) is 17.0 Å². The molecular formula is C14H12ClNO3S. The zero-order valence-electron chi connectivity index (χ0n) is 10.9. The number of aryl methyl sites for hydroxylation is 1. The van der Waals surface area contributed by atoms with Crippen LogP contribution in [0.1, 0.15) is 5.56 Å². The van der Waals surface area contributed by atoms with E-state index >= 15 is 0 Å². The fourth-order valence-corrected chi connectivity index (χ4v) is 2.98. The van der Waals surface area contributed by atoms with E-state index in [0.717, 1.165) is 10.5 Å². The predicted octanol–water partition coefficient (Wildman–Crippen LogP) is 4.72. The van der Waals surface area contributed by atoms with Gasteiger partial charge in [-0.1, -0.05) is 29.4 Å². The molecule has 0 aromatic heterocycles. The topological polar surface area (TPSA) is 52.4 Å². The van der Waals surface area contributed by atoms with Crippen molar-refractivity contribution in [2.24, 2.45) is 0 Å². The monoisotopic (exact) mass is 309 g/mol. The summed E-state index contributed by atoms with van der Waals surface area (Å²) >= 11 is 7.10. The van der Waals surface area contributed by atoms with E-state index in [4.69, 9.17) is 16.3 Å². The quantitative estimate of drug-likeness (QED) is 0.606. The van der Waals surface area contributed by atoms with Gasteiger partial charge in [-0.05, 0) is 36.8 Å². The van der Waals surface area contributed by atoms with Gasteiger partial charge in [0.2, 0.25) is 0 Å². The van der Waals surface area contributed by atoms with Crippen LogP contribution in [0.5, 0.6) is 5.75 Å². The van der Waals surface area contributed by atoms with Crippen molar-refractivity contribution in [3.05, 3.63) is 57.1 Å². The fraction of sp³-hybridized carbons (Fsp3) is 0.143. The standard InChI is InChI=1S/C14H12ClNO3S/c1-9-3-5-12(19-2)14(7-9)20-13-6-4-10(15)8-11(13)16(17)18/h3-8H,1-2H3. The summed E-state index contributed by atoms with van der Waals surface area (Å²) in [5, 5.41) is 11.4. The number of nitro groups is 1. The summed E-state index contributed by atoms with van der Waals surface area (Å²) in [4.78, 5) is 12.0. The minimum absolute atomic E-state index is 0.00828. The third-order valence-electron chi connectivity index (χ3n) is 2.66. The molecule has 0 bridgehead atoms. The first-order valence-corrected chi connectivity index (χ1v) is 6.97. The van der Waals surface area contributed by atoms with Crippen molar-refractivity contribution in [2.75, 3.05) is 7.11 Å². The zero-order chi connectivity index (χ0) is 14.7. The van der Waals surface area contributed by atoms with E-state index in [-0.39, 0.29) is 5.69 Å².